The van der Waals surface area contributed by atoms with Crippen LogP contribution in [0.25, 0.3) is 6.08 Å². The molecule has 154 valence electrons. The van der Waals surface area contributed by atoms with Gasteiger partial charge in [0.1, 0.15) is 11.5 Å². The van der Waals surface area contributed by atoms with Gasteiger partial charge in [0.05, 0.1) is 20.3 Å². The predicted molar refractivity (Wildman–Crippen MR) is 114 cm³/mol. The third kappa shape index (κ3) is 3.78. The van der Waals surface area contributed by atoms with Crippen molar-refractivity contribution >= 4 is 12.0 Å². The first kappa shape index (κ1) is 19.6. The van der Waals surface area contributed by atoms with Crippen molar-refractivity contribution in [3.05, 3.63) is 52.9 Å². The lowest BCUT2D eigenvalue weighted by Gasteiger charge is -2.25. The lowest BCUT2D eigenvalue weighted by Crippen LogP contribution is -2.29. The number of ether oxygens (including phenoxy) is 2. The smallest absolute Gasteiger partial charge is 0.247 e. The fraction of sp³-hybridized carbons (Fsp3) is 0.458. The van der Waals surface area contributed by atoms with Gasteiger partial charge in [-0.1, -0.05) is 0 Å². The number of amides is 1. The lowest BCUT2D eigenvalue weighted by molar-refractivity contribution is -0.126. The third-order valence-corrected chi connectivity index (χ3v) is 6.17. The monoisotopic (exact) mass is 394 g/mol. The van der Waals surface area contributed by atoms with Crippen LogP contribution in [0.1, 0.15) is 60.3 Å². The van der Waals surface area contributed by atoms with Crippen LogP contribution >= 0.6 is 0 Å². The molecule has 2 aliphatic rings. The minimum atomic E-state index is 0.0103. The Kier molecular flexibility index (Phi) is 5.39. The SMILES string of the molecule is COc1ccc(OC)c(C2CCCN2C(=O)C=Cc2cc(C)n(C3CC3)c2C)c1. The van der Waals surface area contributed by atoms with E-state index in [0.29, 0.717) is 6.04 Å². The topological polar surface area (TPSA) is 43.7 Å². The van der Waals surface area contributed by atoms with Crippen LogP contribution in [-0.4, -0.2) is 36.1 Å². The second-order valence-electron chi connectivity index (χ2n) is 8.06. The quantitative estimate of drug-likeness (QED) is 0.659. The van der Waals surface area contributed by atoms with Gasteiger partial charge in [0, 0.05) is 35.6 Å². The van der Waals surface area contributed by atoms with E-state index >= 15 is 0 Å². The molecule has 1 aliphatic heterocycles. The van der Waals surface area contributed by atoms with Gasteiger partial charge in [-0.2, -0.15) is 0 Å². The molecule has 2 fully saturated rings. The van der Waals surface area contributed by atoms with E-state index in [2.05, 4.69) is 24.5 Å². The Hall–Kier alpha value is -2.69. The summed E-state index contributed by atoms with van der Waals surface area (Å²) >= 11 is 0. The molecule has 1 saturated carbocycles. The van der Waals surface area contributed by atoms with Crippen LogP contribution in [0.15, 0.2) is 30.3 Å². The zero-order valence-corrected chi connectivity index (χ0v) is 17.8. The van der Waals surface area contributed by atoms with E-state index in [4.69, 9.17) is 9.47 Å². The number of aromatic nitrogens is 1. The van der Waals surface area contributed by atoms with Crippen molar-refractivity contribution in [2.24, 2.45) is 0 Å². The molecule has 0 N–H and O–H groups in total. The Morgan fingerprint density at radius 2 is 1.90 bits per heavy atom. The van der Waals surface area contributed by atoms with Gasteiger partial charge in [-0.15, -0.1) is 0 Å². The molecule has 2 aromatic rings. The highest BCUT2D eigenvalue weighted by atomic mass is 16.5. The Labute approximate surface area is 172 Å². The molecule has 5 nitrogen and oxygen atoms in total. The maximum Gasteiger partial charge on any atom is 0.247 e. The van der Waals surface area contributed by atoms with Crippen LogP contribution in [0.3, 0.4) is 0 Å². The first-order chi connectivity index (χ1) is 14.0. The number of nitrogens with zero attached hydrogens (tertiary/aromatic N) is 2. The van der Waals surface area contributed by atoms with Crippen molar-refractivity contribution in [1.82, 2.24) is 9.47 Å². The molecule has 1 saturated heterocycles. The summed E-state index contributed by atoms with van der Waals surface area (Å²) in [7, 11) is 3.33. The fourth-order valence-corrected chi connectivity index (χ4v) is 4.58. The van der Waals surface area contributed by atoms with Crippen LogP contribution in [0, 0.1) is 13.8 Å². The Morgan fingerprint density at radius 1 is 1.10 bits per heavy atom. The summed E-state index contributed by atoms with van der Waals surface area (Å²) in [6.07, 6.45) is 8.14. The molecule has 1 aromatic heterocycles. The van der Waals surface area contributed by atoms with E-state index in [1.165, 1.54) is 24.2 Å². The van der Waals surface area contributed by atoms with Gasteiger partial charge < -0.3 is 18.9 Å². The average Bonchev–Trinajstić information content (AvgIpc) is 3.35. The maximum absolute atomic E-state index is 13.1. The molecule has 1 unspecified atom stereocenters. The van der Waals surface area contributed by atoms with Crippen molar-refractivity contribution in [3.63, 3.8) is 0 Å². The van der Waals surface area contributed by atoms with Gasteiger partial charge in [0.15, 0.2) is 0 Å². The molecule has 1 aliphatic carbocycles. The first-order valence-electron chi connectivity index (χ1n) is 10.4. The van der Waals surface area contributed by atoms with Crippen molar-refractivity contribution in [3.8, 4) is 11.5 Å². The number of aryl methyl sites for hydroxylation is 1. The standard InChI is InChI=1S/C24H30N2O3/c1-16-14-18(17(2)26(16)19-8-9-19)7-12-24(27)25-13-5-6-22(25)21-15-20(28-3)10-11-23(21)29-4/h7,10-12,14-15,19,22H,5-6,8-9,13H2,1-4H3. The number of benzene rings is 1. The van der Waals surface area contributed by atoms with Gasteiger partial charge in [0.25, 0.3) is 0 Å². The summed E-state index contributed by atoms with van der Waals surface area (Å²) in [4.78, 5) is 15.0. The summed E-state index contributed by atoms with van der Waals surface area (Å²) < 4.78 is 13.4. The number of carbonyl (C=O) groups excluding carboxylic acids is 1. The van der Waals surface area contributed by atoms with Gasteiger partial charge in [0.2, 0.25) is 5.91 Å². The highest BCUT2D eigenvalue weighted by Crippen LogP contribution is 2.40. The number of carbonyl (C=O) groups is 1. The lowest BCUT2D eigenvalue weighted by atomic mass is 10.0. The van der Waals surface area contributed by atoms with Crippen molar-refractivity contribution < 1.29 is 14.3 Å². The van der Waals surface area contributed by atoms with Crippen LogP contribution in [0.5, 0.6) is 11.5 Å². The molecule has 1 amide bonds. The Morgan fingerprint density at radius 3 is 2.59 bits per heavy atom. The first-order valence-corrected chi connectivity index (χ1v) is 10.4. The number of hydrogen-bond acceptors (Lipinski definition) is 3. The number of hydrogen-bond donors (Lipinski definition) is 0. The van der Waals surface area contributed by atoms with E-state index in [-0.39, 0.29) is 11.9 Å². The minimum Gasteiger partial charge on any atom is -0.497 e. The second-order valence-corrected chi connectivity index (χ2v) is 8.06. The van der Waals surface area contributed by atoms with Gasteiger partial charge >= 0.3 is 0 Å². The normalized spacial score (nSPS) is 19.2. The molecule has 0 spiro atoms. The maximum atomic E-state index is 13.1. The zero-order chi connectivity index (χ0) is 20.5. The van der Waals surface area contributed by atoms with Crippen LogP contribution in [-0.2, 0) is 4.79 Å². The van der Waals surface area contributed by atoms with Gasteiger partial charge in [-0.05, 0) is 75.4 Å². The summed E-state index contributed by atoms with van der Waals surface area (Å²) in [6.45, 7) is 5.06. The van der Waals surface area contributed by atoms with E-state index in [9.17, 15) is 4.79 Å². The van der Waals surface area contributed by atoms with Crippen molar-refractivity contribution in [2.45, 2.75) is 51.6 Å². The van der Waals surface area contributed by atoms with Gasteiger partial charge in [-0.25, -0.2) is 0 Å². The number of methoxy groups -OCH3 is 2. The molecule has 0 radical (unpaired) electrons. The summed E-state index contributed by atoms with van der Waals surface area (Å²) in [5.74, 6) is 1.63. The molecule has 5 heteroatoms. The molecular formula is C24H30N2O3. The predicted octanol–water partition coefficient (Wildman–Crippen LogP) is 4.83. The van der Waals surface area contributed by atoms with E-state index in [0.717, 1.165) is 42.0 Å². The molecule has 1 atom stereocenters. The fourth-order valence-electron chi connectivity index (χ4n) is 4.58. The molecule has 1 aromatic carbocycles. The molecule has 2 heterocycles. The van der Waals surface area contributed by atoms with Crippen molar-refractivity contribution in [2.75, 3.05) is 20.8 Å². The van der Waals surface area contributed by atoms with Crippen LogP contribution in [0.4, 0.5) is 0 Å². The third-order valence-electron chi connectivity index (χ3n) is 6.17. The summed E-state index contributed by atoms with van der Waals surface area (Å²) in [5, 5.41) is 0. The van der Waals surface area contributed by atoms with Crippen LogP contribution < -0.4 is 9.47 Å². The minimum absolute atomic E-state index is 0.0103. The van der Waals surface area contributed by atoms with Crippen molar-refractivity contribution in [1.29, 1.82) is 0 Å². The number of rotatable bonds is 6. The largest absolute Gasteiger partial charge is 0.497 e. The highest BCUT2D eigenvalue weighted by molar-refractivity contribution is 5.92. The van der Waals surface area contributed by atoms with E-state index in [1.807, 2.05) is 29.2 Å². The van der Waals surface area contributed by atoms with Gasteiger partial charge in [-0.3, -0.25) is 4.79 Å². The summed E-state index contributed by atoms with van der Waals surface area (Å²) in [6, 6.07) is 8.63. The van der Waals surface area contributed by atoms with E-state index < -0.39 is 0 Å². The molecule has 4 rings (SSSR count). The molecule has 0 bridgehead atoms. The molecule has 29 heavy (non-hydrogen) atoms. The number of likely N-dealkylation sites (tertiary alicyclic amines) is 1. The molecular weight excluding hydrogens is 364 g/mol. The summed E-state index contributed by atoms with van der Waals surface area (Å²) in [5.41, 5.74) is 4.68. The second kappa shape index (κ2) is 7.97. The highest BCUT2D eigenvalue weighted by Gasteiger charge is 2.31. The van der Waals surface area contributed by atoms with Crippen LogP contribution in [0.2, 0.25) is 0 Å². The van der Waals surface area contributed by atoms with E-state index in [1.54, 1.807) is 20.3 Å². The Balaban J connectivity index is 1.56. The average molecular weight is 395 g/mol. The Bertz CT molecular complexity index is 940. The zero-order valence-electron chi connectivity index (χ0n) is 17.8.